The third-order valence-corrected chi connectivity index (χ3v) is 4.99. The number of anilines is 1. The number of benzene rings is 2. The lowest BCUT2D eigenvalue weighted by molar-refractivity contribution is -0.116. The van der Waals surface area contributed by atoms with Gasteiger partial charge in [-0.05, 0) is 12.0 Å². The molecule has 2 aromatic carbocycles. The van der Waals surface area contributed by atoms with E-state index in [0.29, 0.717) is 24.5 Å². The highest BCUT2D eigenvalue weighted by atomic mass is 32.1. The van der Waals surface area contributed by atoms with Crippen LogP contribution in [0.2, 0.25) is 0 Å². The Morgan fingerprint density at radius 3 is 2.48 bits per heavy atom. The largest absolute Gasteiger partial charge is 0.445 e. The molecule has 29 heavy (non-hydrogen) atoms. The molecule has 0 unspecified atom stereocenters. The Kier molecular flexibility index (Phi) is 7.35. The molecule has 0 aliphatic rings. The van der Waals surface area contributed by atoms with Crippen LogP contribution in [0.25, 0.3) is 11.3 Å². The molecule has 0 saturated carbocycles. The zero-order valence-corrected chi connectivity index (χ0v) is 17.0. The number of nitrogens with one attached hydrogen (secondary N) is 1. The van der Waals surface area contributed by atoms with Gasteiger partial charge in [-0.25, -0.2) is 9.78 Å². The molecule has 1 heterocycles. The number of aromatic nitrogens is 1. The third-order valence-electron chi connectivity index (χ3n) is 4.23. The summed E-state index contributed by atoms with van der Waals surface area (Å²) in [4.78, 5) is 30.1. The molecule has 0 bridgehead atoms. The highest BCUT2D eigenvalue weighted by molar-refractivity contribution is 7.14. The summed E-state index contributed by atoms with van der Waals surface area (Å²) in [7, 11) is 1.66. The minimum atomic E-state index is -0.401. The first-order chi connectivity index (χ1) is 14.1. The predicted octanol–water partition coefficient (Wildman–Crippen LogP) is 4.80. The lowest BCUT2D eigenvalue weighted by Crippen LogP contribution is -2.29. The van der Waals surface area contributed by atoms with Crippen molar-refractivity contribution in [3.05, 3.63) is 71.6 Å². The molecule has 0 aliphatic heterocycles. The molecule has 6 nitrogen and oxygen atoms in total. The average molecular weight is 410 g/mol. The number of carbonyl (C=O) groups is 2. The fourth-order valence-electron chi connectivity index (χ4n) is 2.65. The smallest absolute Gasteiger partial charge is 0.409 e. The molecule has 0 aliphatic carbocycles. The van der Waals surface area contributed by atoms with Gasteiger partial charge < -0.3 is 15.0 Å². The van der Waals surface area contributed by atoms with Crippen molar-refractivity contribution < 1.29 is 14.3 Å². The molecule has 3 aromatic rings. The number of amides is 2. The van der Waals surface area contributed by atoms with Gasteiger partial charge in [0, 0.05) is 31.0 Å². The van der Waals surface area contributed by atoms with E-state index >= 15 is 0 Å². The summed E-state index contributed by atoms with van der Waals surface area (Å²) in [6, 6.07) is 19.3. The van der Waals surface area contributed by atoms with Crippen molar-refractivity contribution in [3.63, 3.8) is 0 Å². The van der Waals surface area contributed by atoms with Crippen LogP contribution in [0.4, 0.5) is 9.93 Å². The fraction of sp³-hybridized carbons (Fsp3) is 0.227. The van der Waals surface area contributed by atoms with Crippen molar-refractivity contribution in [1.29, 1.82) is 0 Å². The summed E-state index contributed by atoms with van der Waals surface area (Å²) in [5.41, 5.74) is 2.79. The van der Waals surface area contributed by atoms with Crippen molar-refractivity contribution in [1.82, 2.24) is 9.88 Å². The second kappa shape index (κ2) is 10.4. The molecule has 0 fully saturated rings. The molecule has 2 amide bonds. The van der Waals surface area contributed by atoms with Crippen LogP contribution < -0.4 is 5.32 Å². The maximum atomic E-state index is 12.1. The third kappa shape index (κ3) is 6.43. The van der Waals surface area contributed by atoms with Crippen LogP contribution in [-0.2, 0) is 16.1 Å². The van der Waals surface area contributed by atoms with E-state index in [2.05, 4.69) is 10.3 Å². The fourth-order valence-corrected chi connectivity index (χ4v) is 3.39. The van der Waals surface area contributed by atoms with Crippen LogP contribution in [0, 0.1) is 0 Å². The monoisotopic (exact) mass is 409 g/mol. The summed E-state index contributed by atoms with van der Waals surface area (Å²) in [5, 5.41) is 5.31. The Morgan fingerprint density at radius 2 is 1.76 bits per heavy atom. The minimum Gasteiger partial charge on any atom is -0.445 e. The van der Waals surface area contributed by atoms with Crippen LogP contribution in [0.3, 0.4) is 0 Å². The molecule has 1 aromatic heterocycles. The van der Waals surface area contributed by atoms with Crippen LogP contribution in [0.15, 0.2) is 66.0 Å². The van der Waals surface area contributed by atoms with E-state index in [9.17, 15) is 9.59 Å². The molecule has 1 N–H and O–H groups in total. The lowest BCUT2D eigenvalue weighted by Gasteiger charge is -2.16. The van der Waals surface area contributed by atoms with Crippen LogP contribution in [-0.4, -0.2) is 35.5 Å². The van der Waals surface area contributed by atoms with Gasteiger partial charge in [0.15, 0.2) is 5.13 Å². The maximum Gasteiger partial charge on any atom is 0.409 e. The zero-order chi connectivity index (χ0) is 20.5. The number of hydrogen-bond acceptors (Lipinski definition) is 5. The highest BCUT2D eigenvalue weighted by Crippen LogP contribution is 2.24. The minimum absolute atomic E-state index is 0.120. The van der Waals surface area contributed by atoms with Crippen molar-refractivity contribution in [3.8, 4) is 11.3 Å². The normalized spacial score (nSPS) is 10.4. The number of nitrogens with zero attached hydrogens (tertiary/aromatic N) is 2. The summed E-state index contributed by atoms with van der Waals surface area (Å²) in [5.74, 6) is -0.120. The van der Waals surface area contributed by atoms with Crippen molar-refractivity contribution in [2.45, 2.75) is 19.4 Å². The topological polar surface area (TPSA) is 71.5 Å². The molecule has 150 valence electrons. The van der Waals surface area contributed by atoms with Gasteiger partial charge in [0.25, 0.3) is 0 Å². The molecule has 0 radical (unpaired) electrons. The van der Waals surface area contributed by atoms with Crippen molar-refractivity contribution in [2.75, 3.05) is 18.9 Å². The molecule has 3 rings (SSSR count). The second-order valence-corrected chi connectivity index (χ2v) is 7.38. The number of carbonyl (C=O) groups excluding carboxylic acids is 2. The number of thiazole rings is 1. The van der Waals surface area contributed by atoms with E-state index in [1.807, 2.05) is 66.0 Å². The van der Waals surface area contributed by atoms with Crippen LogP contribution in [0.1, 0.15) is 18.4 Å². The summed E-state index contributed by atoms with van der Waals surface area (Å²) in [6.45, 7) is 0.673. The van der Waals surface area contributed by atoms with Gasteiger partial charge in [0.05, 0.1) is 5.69 Å². The van der Waals surface area contributed by atoms with Gasteiger partial charge in [0.1, 0.15) is 6.61 Å². The second-order valence-electron chi connectivity index (χ2n) is 6.52. The van der Waals surface area contributed by atoms with E-state index in [1.165, 1.54) is 16.2 Å². The maximum absolute atomic E-state index is 12.1. The van der Waals surface area contributed by atoms with E-state index in [1.54, 1.807) is 7.05 Å². The molecule has 0 atom stereocenters. The van der Waals surface area contributed by atoms with Crippen molar-refractivity contribution in [2.24, 2.45) is 0 Å². The zero-order valence-electron chi connectivity index (χ0n) is 16.2. The summed E-state index contributed by atoms with van der Waals surface area (Å²) < 4.78 is 5.27. The quantitative estimate of drug-likeness (QED) is 0.580. The van der Waals surface area contributed by atoms with E-state index < -0.39 is 6.09 Å². The average Bonchev–Trinajstić information content (AvgIpc) is 3.21. The Hall–Kier alpha value is -3.19. The SMILES string of the molecule is CN(CCCC(=O)Nc1nc(-c2ccccc2)cs1)C(=O)OCc1ccccc1. The molecule has 0 saturated heterocycles. The van der Waals surface area contributed by atoms with E-state index in [0.717, 1.165) is 16.8 Å². The Morgan fingerprint density at radius 1 is 1.07 bits per heavy atom. The number of rotatable bonds is 8. The molecular formula is C22H23N3O3S. The van der Waals surface area contributed by atoms with E-state index in [4.69, 9.17) is 4.74 Å². The van der Waals surface area contributed by atoms with Crippen LogP contribution in [0.5, 0.6) is 0 Å². The summed E-state index contributed by atoms with van der Waals surface area (Å²) in [6.07, 6.45) is 0.442. The highest BCUT2D eigenvalue weighted by Gasteiger charge is 2.12. The van der Waals surface area contributed by atoms with Gasteiger partial charge in [0.2, 0.25) is 5.91 Å². The lowest BCUT2D eigenvalue weighted by atomic mass is 10.2. The molecular weight excluding hydrogens is 386 g/mol. The van der Waals surface area contributed by atoms with Gasteiger partial charge >= 0.3 is 6.09 Å². The van der Waals surface area contributed by atoms with Gasteiger partial charge in [-0.3, -0.25) is 4.79 Å². The first-order valence-electron chi connectivity index (χ1n) is 9.34. The number of hydrogen-bond donors (Lipinski definition) is 1. The van der Waals surface area contributed by atoms with E-state index in [-0.39, 0.29) is 12.5 Å². The molecule has 7 heteroatoms. The molecule has 0 spiro atoms. The van der Waals surface area contributed by atoms with Gasteiger partial charge in [-0.15, -0.1) is 11.3 Å². The predicted molar refractivity (Wildman–Crippen MR) is 115 cm³/mol. The number of ether oxygens (including phenoxy) is 1. The summed E-state index contributed by atoms with van der Waals surface area (Å²) >= 11 is 1.39. The van der Waals surface area contributed by atoms with Crippen LogP contribution >= 0.6 is 11.3 Å². The Balaban J connectivity index is 1.37. The van der Waals surface area contributed by atoms with Gasteiger partial charge in [-0.2, -0.15) is 0 Å². The standard InChI is InChI=1S/C22H23N3O3S/c1-25(22(27)28-15-17-9-4-2-5-10-17)14-8-13-20(26)24-21-23-19(16-29-21)18-11-6-3-7-12-18/h2-7,9-12,16H,8,13-15H2,1H3,(H,23,24,26). The Bertz CT molecular complexity index is 929. The first kappa shape index (κ1) is 20.5. The van der Waals surface area contributed by atoms with Gasteiger partial charge in [-0.1, -0.05) is 60.7 Å². The van der Waals surface area contributed by atoms with Crippen molar-refractivity contribution >= 4 is 28.5 Å². The first-order valence-corrected chi connectivity index (χ1v) is 10.2. The Labute approximate surface area is 174 Å².